The van der Waals surface area contributed by atoms with Gasteiger partial charge in [-0.1, -0.05) is 65.5 Å². The second kappa shape index (κ2) is 6.69. The molecule has 1 fully saturated rings. The maximum Gasteiger partial charge on any atom is 0.127 e. The molecule has 1 aliphatic heterocycles. The third-order valence-electron chi connectivity index (χ3n) is 3.89. The summed E-state index contributed by atoms with van der Waals surface area (Å²) in [6.07, 6.45) is 4.67. The third-order valence-corrected chi connectivity index (χ3v) is 3.89. The maximum atomic E-state index is 5.39. The normalized spacial score (nSPS) is 25.2. The SMILES string of the molecule is CCC(BC(C)CC(C)C)CC(C)C1CO1. The van der Waals surface area contributed by atoms with Crippen LogP contribution in [-0.4, -0.2) is 20.0 Å². The Hall–Kier alpha value is 0.0249. The predicted octanol–water partition coefficient (Wildman–Crippen LogP) is 3.90. The Balaban J connectivity index is 2.24. The van der Waals surface area contributed by atoms with Crippen molar-refractivity contribution in [1.29, 1.82) is 0 Å². The van der Waals surface area contributed by atoms with Crippen molar-refractivity contribution in [2.45, 2.75) is 71.6 Å². The summed E-state index contributed by atoms with van der Waals surface area (Å²) in [5.74, 6) is 3.41. The Kier molecular flexibility index (Phi) is 5.89. The van der Waals surface area contributed by atoms with E-state index in [1.165, 1.54) is 26.5 Å². The van der Waals surface area contributed by atoms with Gasteiger partial charge in [-0.15, -0.1) is 0 Å². The number of hydrogen-bond donors (Lipinski definition) is 0. The Labute approximate surface area is 103 Å². The molecular formula is C14H29BO. The van der Waals surface area contributed by atoms with Crippen LogP contribution in [0.3, 0.4) is 0 Å². The molecule has 0 radical (unpaired) electrons. The summed E-state index contributed by atoms with van der Waals surface area (Å²) in [4.78, 5) is 0. The molecule has 0 aliphatic carbocycles. The third kappa shape index (κ3) is 5.38. The highest BCUT2D eigenvalue weighted by molar-refractivity contribution is 6.39. The molecule has 1 heterocycles. The van der Waals surface area contributed by atoms with E-state index >= 15 is 0 Å². The first-order chi connectivity index (χ1) is 7.52. The van der Waals surface area contributed by atoms with E-state index in [2.05, 4.69) is 34.6 Å². The Morgan fingerprint density at radius 1 is 1.19 bits per heavy atom. The quantitative estimate of drug-likeness (QED) is 0.450. The van der Waals surface area contributed by atoms with Gasteiger partial charge in [-0.2, -0.15) is 0 Å². The smallest absolute Gasteiger partial charge is 0.127 e. The van der Waals surface area contributed by atoms with Gasteiger partial charge >= 0.3 is 0 Å². The van der Waals surface area contributed by atoms with E-state index in [1.807, 2.05) is 0 Å². The van der Waals surface area contributed by atoms with Crippen molar-refractivity contribution in [1.82, 2.24) is 0 Å². The first kappa shape index (κ1) is 14.1. The Bertz CT molecular complexity index is 189. The highest BCUT2D eigenvalue weighted by Gasteiger charge is 2.31. The molecule has 0 N–H and O–H groups in total. The van der Waals surface area contributed by atoms with Gasteiger partial charge in [0.25, 0.3) is 0 Å². The van der Waals surface area contributed by atoms with Gasteiger partial charge in [0.2, 0.25) is 0 Å². The number of ether oxygens (including phenoxy) is 1. The Morgan fingerprint density at radius 2 is 1.81 bits per heavy atom. The molecule has 4 atom stereocenters. The molecule has 94 valence electrons. The van der Waals surface area contributed by atoms with E-state index in [0.717, 1.165) is 30.1 Å². The second-order valence-electron chi connectivity index (χ2n) is 6.33. The lowest BCUT2D eigenvalue weighted by atomic mass is 9.51. The minimum Gasteiger partial charge on any atom is -0.373 e. The molecular weight excluding hydrogens is 195 g/mol. The van der Waals surface area contributed by atoms with Crippen LogP contribution in [0.25, 0.3) is 0 Å². The lowest BCUT2D eigenvalue weighted by Gasteiger charge is -2.22. The molecule has 0 saturated carbocycles. The highest BCUT2D eigenvalue weighted by Crippen LogP contribution is 2.32. The summed E-state index contributed by atoms with van der Waals surface area (Å²) in [6, 6.07) is 0. The van der Waals surface area contributed by atoms with Gasteiger partial charge < -0.3 is 4.74 Å². The molecule has 0 spiro atoms. The number of hydrogen-bond acceptors (Lipinski definition) is 1. The predicted molar refractivity (Wildman–Crippen MR) is 73.6 cm³/mol. The zero-order chi connectivity index (χ0) is 12.1. The monoisotopic (exact) mass is 224 g/mol. The summed E-state index contributed by atoms with van der Waals surface area (Å²) in [6.45, 7) is 12.8. The summed E-state index contributed by atoms with van der Waals surface area (Å²) in [7, 11) is 1.41. The van der Waals surface area contributed by atoms with Gasteiger partial charge in [-0.05, 0) is 11.8 Å². The first-order valence-electron chi connectivity index (χ1n) is 7.14. The average molecular weight is 224 g/mol. The molecule has 0 aromatic heterocycles. The van der Waals surface area contributed by atoms with E-state index in [-0.39, 0.29) is 0 Å². The minimum atomic E-state index is 0.592. The second-order valence-corrected chi connectivity index (χ2v) is 6.33. The fourth-order valence-corrected chi connectivity index (χ4v) is 2.96. The topological polar surface area (TPSA) is 12.5 Å². The van der Waals surface area contributed by atoms with Crippen molar-refractivity contribution in [3.8, 4) is 0 Å². The van der Waals surface area contributed by atoms with Gasteiger partial charge in [0.15, 0.2) is 0 Å². The van der Waals surface area contributed by atoms with Crippen LogP contribution in [0, 0.1) is 11.8 Å². The van der Waals surface area contributed by atoms with Crippen LogP contribution < -0.4 is 0 Å². The van der Waals surface area contributed by atoms with Gasteiger partial charge in [0.1, 0.15) is 7.28 Å². The van der Waals surface area contributed by atoms with Crippen molar-refractivity contribution in [2.75, 3.05) is 6.61 Å². The van der Waals surface area contributed by atoms with Gasteiger partial charge in [-0.25, -0.2) is 0 Å². The molecule has 1 aliphatic rings. The van der Waals surface area contributed by atoms with Crippen LogP contribution in [0.15, 0.2) is 0 Å². The minimum absolute atomic E-state index is 0.592. The average Bonchev–Trinajstić information content (AvgIpc) is 2.98. The first-order valence-corrected chi connectivity index (χ1v) is 7.14. The van der Waals surface area contributed by atoms with Crippen LogP contribution >= 0.6 is 0 Å². The van der Waals surface area contributed by atoms with Crippen molar-refractivity contribution in [3.05, 3.63) is 0 Å². The van der Waals surface area contributed by atoms with Crippen LogP contribution in [-0.2, 0) is 4.74 Å². The van der Waals surface area contributed by atoms with E-state index in [0.29, 0.717) is 6.10 Å². The molecule has 0 aromatic rings. The van der Waals surface area contributed by atoms with Crippen LogP contribution in [0.1, 0.15) is 53.9 Å². The van der Waals surface area contributed by atoms with Gasteiger partial charge in [0.05, 0.1) is 12.7 Å². The zero-order valence-electron chi connectivity index (χ0n) is 11.8. The van der Waals surface area contributed by atoms with Crippen molar-refractivity contribution in [3.63, 3.8) is 0 Å². The van der Waals surface area contributed by atoms with E-state index in [4.69, 9.17) is 4.74 Å². The fourth-order valence-electron chi connectivity index (χ4n) is 2.96. The Morgan fingerprint density at radius 3 is 2.25 bits per heavy atom. The largest absolute Gasteiger partial charge is 0.373 e. The number of rotatable bonds is 8. The maximum absolute atomic E-state index is 5.39. The summed E-state index contributed by atoms with van der Waals surface area (Å²) in [5.41, 5.74) is 0. The molecule has 2 heteroatoms. The molecule has 0 aromatic carbocycles. The number of epoxide rings is 1. The van der Waals surface area contributed by atoms with E-state index in [9.17, 15) is 0 Å². The van der Waals surface area contributed by atoms with E-state index < -0.39 is 0 Å². The van der Waals surface area contributed by atoms with Crippen molar-refractivity contribution >= 4 is 7.28 Å². The summed E-state index contributed by atoms with van der Waals surface area (Å²) < 4.78 is 5.39. The van der Waals surface area contributed by atoms with Crippen molar-refractivity contribution in [2.24, 2.45) is 11.8 Å². The van der Waals surface area contributed by atoms with E-state index in [1.54, 1.807) is 0 Å². The summed E-state index contributed by atoms with van der Waals surface area (Å²) in [5, 5.41) is 0. The van der Waals surface area contributed by atoms with Crippen LogP contribution in [0.4, 0.5) is 0 Å². The molecule has 1 saturated heterocycles. The van der Waals surface area contributed by atoms with Crippen molar-refractivity contribution < 1.29 is 4.74 Å². The summed E-state index contributed by atoms with van der Waals surface area (Å²) >= 11 is 0. The van der Waals surface area contributed by atoms with Crippen LogP contribution in [0.5, 0.6) is 0 Å². The lowest BCUT2D eigenvalue weighted by Crippen LogP contribution is -2.15. The molecule has 4 unspecified atom stereocenters. The standard InChI is InChI=1S/C14H29BO/c1-6-13(8-11(4)14-9-16-14)15-12(5)7-10(2)3/h10-15H,6-9H2,1-5H3. The van der Waals surface area contributed by atoms with Gasteiger partial charge in [-0.3, -0.25) is 0 Å². The lowest BCUT2D eigenvalue weighted by molar-refractivity contribution is 0.326. The van der Waals surface area contributed by atoms with Gasteiger partial charge in [0, 0.05) is 0 Å². The fraction of sp³-hybridized carbons (Fsp3) is 1.00. The molecule has 0 amide bonds. The van der Waals surface area contributed by atoms with Crippen LogP contribution in [0.2, 0.25) is 11.6 Å². The molecule has 16 heavy (non-hydrogen) atoms. The zero-order valence-corrected chi connectivity index (χ0v) is 11.8. The highest BCUT2D eigenvalue weighted by atomic mass is 16.6. The molecule has 1 nitrogen and oxygen atoms in total. The molecule has 1 rings (SSSR count). The molecule has 0 bridgehead atoms.